The smallest absolute Gasteiger partial charge is 0.254 e. The number of anilines is 1. The summed E-state index contributed by atoms with van der Waals surface area (Å²) in [6.45, 7) is 3.42. The molecule has 20 heavy (non-hydrogen) atoms. The molecule has 5 heteroatoms. The van der Waals surface area contributed by atoms with Gasteiger partial charge in [0.1, 0.15) is 6.54 Å². The lowest BCUT2D eigenvalue weighted by atomic mass is 10.1. The van der Waals surface area contributed by atoms with Gasteiger partial charge in [0.25, 0.3) is 5.91 Å². The average Bonchev–Trinajstić information content (AvgIpc) is 2.60. The zero-order valence-electron chi connectivity index (χ0n) is 12.3. The van der Waals surface area contributed by atoms with Gasteiger partial charge >= 0.3 is 0 Å². The molecule has 1 aliphatic heterocycles. The highest BCUT2D eigenvalue weighted by atomic mass is 16.2. The molecule has 1 fully saturated rings. The van der Waals surface area contributed by atoms with E-state index in [1.54, 1.807) is 16.8 Å². The minimum absolute atomic E-state index is 0.000322. The van der Waals surface area contributed by atoms with Gasteiger partial charge in [0, 0.05) is 38.4 Å². The Labute approximate surface area is 119 Å². The molecule has 2 amide bonds. The van der Waals surface area contributed by atoms with E-state index in [9.17, 15) is 9.59 Å². The Hall–Kier alpha value is -2.04. The molecular weight excluding hydrogens is 254 g/mol. The highest BCUT2D eigenvalue weighted by Crippen LogP contribution is 2.17. The maximum Gasteiger partial charge on any atom is 0.254 e. The second kappa shape index (κ2) is 5.94. The van der Waals surface area contributed by atoms with Crippen LogP contribution in [0.15, 0.2) is 18.2 Å². The van der Waals surface area contributed by atoms with Crippen molar-refractivity contribution in [3.63, 3.8) is 0 Å². The standard InChI is InChI=1S/C15H21N3O2/c1-11-9-12(16-2)5-6-13(11)15(20)18-8-4-7-17(3)14(19)10-18/h5-6,9,16H,4,7-8,10H2,1-3H3. The van der Waals surface area contributed by atoms with Crippen molar-refractivity contribution in [2.24, 2.45) is 0 Å². The molecular formula is C15H21N3O2. The molecule has 0 unspecified atom stereocenters. The van der Waals surface area contributed by atoms with Crippen molar-refractivity contribution < 1.29 is 9.59 Å². The van der Waals surface area contributed by atoms with Crippen LogP contribution in [0, 0.1) is 6.92 Å². The molecule has 0 aliphatic carbocycles. The number of nitrogens with one attached hydrogen (secondary N) is 1. The molecule has 0 atom stereocenters. The van der Waals surface area contributed by atoms with Gasteiger partial charge in [-0.05, 0) is 37.1 Å². The predicted octanol–water partition coefficient (Wildman–Crippen LogP) is 1.34. The summed E-state index contributed by atoms with van der Waals surface area (Å²) in [6.07, 6.45) is 0.821. The number of amides is 2. The second-order valence-electron chi connectivity index (χ2n) is 5.18. The molecule has 1 heterocycles. The normalized spacial score (nSPS) is 16.1. The first-order chi connectivity index (χ1) is 9.52. The molecule has 0 spiro atoms. The molecule has 0 bridgehead atoms. The van der Waals surface area contributed by atoms with Gasteiger partial charge in [-0.15, -0.1) is 0 Å². The van der Waals surface area contributed by atoms with Crippen molar-refractivity contribution in [3.05, 3.63) is 29.3 Å². The van der Waals surface area contributed by atoms with E-state index in [-0.39, 0.29) is 18.4 Å². The summed E-state index contributed by atoms with van der Waals surface area (Å²) in [5.41, 5.74) is 2.57. The summed E-state index contributed by atoms with van der Waals surface area (Å²) in [7, 11) is 3.63. The second-order valence-corrected chi connectivity index (χ2v) is 5.18. The molecule has 1 N–H and O–H groups in total. The Balaban J connectivity index is 2.20. The molecule has 2 rings (SSSR count). The minimum atomic E-state index is -0.0613. The molecule has 0 saturated carbocycles. The highest BCUT2D eigenvalue weighted by Gasteiger charge is 2.24. The summed E-state index contributed by atoms with van der Waals surface area (Å²) in [4.78, 5) is 27.8. The summed E-state index contributed by atoms with van der Waals surface area (Å²) >= 11 is 0. The number of benzene rings is 1. The predicted molar refractivity (Wildman–Crippen MR) is 78.9 cm³/mol. The van der Waals surface area contributed by atoms with Gasteiger partial charge in [0.2, 0.25) is 5.91 Å². The molecule has 1 aromatic carbocycles. The lowest BCUT2D eigenvalue weighted by molar-refractivity contribution is -0.129. The molecule has 5 nitrogen and oxygen atoms in total. The van der Waals surface area contributed by atoms with Crippen LogP contribution in [0.2, 0.25) is 0 Å². The summed E-state index contributed by atoms with van der Waals surface area (Å²) < 4.78 is 0. The first kappa shape index (κ1) is 14.4. The van der Waals surface area contributed by atoms with Gasteiger partial charge in [-0.25, -0.2) is 0 Å². The fourth-order valence-electron chi connectivity index (χ4n) is 2.39. The molecule has 0 radical (unpaired) electrons. The zero-order valence-corrected chi connectivity index (χ0v) is 12.3. The lowest BCUT2D eigenvalue weighted by Crippen LogP contribution is -2.38. The SMILES string of the molecule is CNc1ccc(C(=O)N2CCCN(C)C(=O)C2)c(C)c1. The Morgan fingerprint density at radius 3 is 2.70 bits per heavy atom. The minimum Gasteiger partial charge on any atom is -0.388 e. The highest BCUT2D eigenvalue weighted by molar-refractivity contribution is 5.98. The number of hydrogen-bond donors (Lipinski definition) is 1. The zero-order chi connectivity index (χ0) is 14.7. The number of hydrogen-bond acceptors (Lipinski definition) is 3. The van der Waals surface area contributed by atoms with Crippen molar-refractivity contribution in [3.8, 4) is 0 Å². The van der Waals surface area contributed by atoms with E-state index in [1.165, 1.54) is 0 Å². The summed E-state index contributed by atoms with van der Waals surface area (Å²) in [5, 5.41) is 3.05. The number of nitrogens with zero attached hydrogens (tertiary/aromatic N) is 2. The molecule has 108 valence electrons. The Kier molecular flexibility index (Phi) is 4.27. The Bertz CT molecular complexity index is 528. The van der Waals surface area contributed by atoms with Crippen LogP contribution < -0.4 is 5.32 Å². The van der Waals surface area contributed by atoms with Crippen LogP contribution in [0.25, 0.3) is 0 Å². The maximum atomic E-state index is 12.6. The first-order valence-electron chi connectivity index (χ1n) is 6.84. The first-order valence-corrected chi connectivity index (χ1v) is 6.84. The largest absolute Gasteiger partial charge is 0.388 e. The van der Waals surface area contributed by atoms with Crippen molar-refractivity contribution in [1.29, 1.82) is 0 Å². The molecule has 1 aliphatic rings. The number of carbonyl (C=O) groups is 2. The van der Waals surface area contributed by atoms with Gasteiger partial charge in [-0.2, -0.15) is 0 Å². The van der Waals surface area contributed by atoms with Gasteiger partial charge < -0.3 is 15.1 Å². The fraction of sp³-hybridized carbons (Fsp3) is 0.467. The van der Waals surface area contributed by atoms with Crippen molar-refractivity contribution in [2.45, 2.75) is 13.3 Å². The number of carbonyl (C=O) groups excluding carboxylic acids is 2. The lowest BCUT2D eigenvalue weighted by Gasteiger charge is -2.21. The van der Waals surface area contributed by atoms with E-state index in [0.29, 0.717) is 18.7 Å². The van der Waals surface area contributed by atoms with E-state index in [0.717, 1.165) is 17.7 Å². The van der Waals surface area contributed by atoms with E-state index in [1.807, 2.05) is 32.2 Å². The molecule has 1 saturated heterocycles. The van der Waals surface area contributed by atoms with E-state index in [4.69, 9.17) is 0 Å². The van der Waals surface area contributed by atoms with Crippen molar-refractivity contribution in [1.82, 2.24) is 9.80 Å². The van der Waals surface area contributed by atoms with Gasteiger partial charge in [-0.3, -0.25) is 9.59 Å². The number of likely N-dealkylation sites (N-methyl/N-ethyl adjacent to an activating group) is 1. The fourth-order valence-corrected chi connectivity index (χ4v) is 2.39. The van der Waals surface area contributed by atoms with Crippen LogP contribution in [0.4, 0.5) is 5.69 Å². The third kappa shape index (κ3) is 2.92. The van der Waals surface area contributed by atoms with E-state index >= 15 is 0 Å². The van der Waals surface area contributed by atoms with E-state index < -0.39 is 0 Å². The molecule has 0 aromatic heterocycles. The monoisotopic (exact) mass is 275 g/mol. The third-order valence-corrected chi connectivity index (χ3v) is 3.71. The van der Waals surface area contributed by atoms with Crippen LogP contribution in [0.1, 0.15) is 22.3 Å². The maximum absolute atomic E-state index is 12.6. The van der Waals surface area contributed by atoms with Crippen LogP contribution in [0.5, 0.6) is 0 Å². The summed E-state index contributed by atoms with van der Waals surface area (Å²) in [5.74, 6) is -0.0610. The number of rotatable bonds is 2. The van der Waals surface area contributed by atoms with Crippen LogP contribution in [-0.4, -0.2) is 55.3 Å². The van der Waals surface area contributed by atoms with Gasteiger partial charge in [0.15, 0.2) is 0 Å². The molecule has 1 aromatic rings. The quantitative estimate of drug-likeness (QED) is 0.886. The topological polar surface area (TPSA) is 52.7 Å². The average molecular weight is 275 g/mol. The third-order valence-electron chi connectivity index (χ3n) is 3.71. The Morgan fingerprint density at radius 1 is 1.30 bits per heavy atom. The van der Waals surface area contributed by atoms with Gasteiger partial charge in [0.05, 0.1) is 0 Å². The Morgan fingerprint density at radius 2 is 2.05 bits per heavy atom. The van der Waals surface area contributed by atoms with Crippen LogP contribution in [-0.2, 0) is 4.79 Å². The van der Waals surface area contributed by atoms with Crippen molar-refractivity contribution in [2.75, 3.05) is 39.0 Å². The number of aryl methyl sites for hydroxylation is 1. The van der Waals surface area contributed by atoms with Crippen molar-refractivity contribution >= 4 is 17.5 Å². The van der Waals surface area contributed by atoms with E-state index in [2.05, 4.69) is 5.32 Å². The van der Waals surface area contributed by atoms with Crippen LogP contribution >= 0.6 is 0 Å². The summed E-state index contributed by atoms with van der Waals surface area (Å²) in [6, 6.07) is 5.65. The van der Waals surface area contributed by atoms with Gasteiger partial charge in [-0.1, -0.05) is 0 Å². The van der Waals surface area contributed by atoms with Crippen LogP contribution in [0.3, 0.4) is 0 Å².